The lowest BCUT2D eigenvalue weighted by atomic mass is 9.92. The quantitative estimate of drug-likeness (QED) is 0.839. The molecule has 1 saturated heterocycles. The van der Waals surface area contributed by atoms with Gasteiger partial charge >= 0.3 is 0 Å². The van der Waals surface area contributed by atoms with Gasteiger partial charge in [-0.05, 0) is 62.4 Å². The van der Waals surface area contributed by atoms with Gasteiger partial charge in [0.2, 0.25) is 0 Å². The molecular weight excluding hydrogens is 196 g/mol. The molecule has 2 heteroatoms. The average molecular weight is 214 g/mol. The van der Waals surface area contributed by atoms with Gasteiger partial charge in [-0.25, -0.2) is 0 Å². The summed E-state index contributed by atoms with van der Waals surface area (Å²) >= 11 is 0. The fourth-order valence-corrected chi connectivity index (χ4v) is 2.29. The van der Waals surface area contributed by atoms with Crippen LogP contribution in [0.25, 0.3) is 0 Å². The summed E-state index contributed by atoms with van der Waals surface area (Å²) in [4.78, 5) is 0. The third-order valence-corrected chi connectivity index (χ3v) is 3.32. The van der Waals surface area contributed by atoms with E-state index in [0.29, 0.717) is 0 Å². The molecule has 0 radical (unpaired) electrons. The van der Waals surface area contributed by atoms with E-state index in [9.17, 15) is 0 Å². The zero-order valence-corrected chi connectivity index (χ0v) is 9.58. The normalized spacial score (nSPS) is 20.3. The van der Waals surface area contributed by atoms with Crippen LogP contribution in [-0.2, 0) is 6.42 Å². The molecule has 1 fully saturated rings. The van der Waals surface area contributed by atoms with Crippen molar-refractivity contribution < 1.29 is 0 Å². The predicted octanol–water partition coefficient (Wildman–Crippen LogP) is 2.49. The molecule has 1 N–H and O–H groups in total. The van der Waals surface area contributed by atoms with E-state index in [0.717, 1.165) is 17.9 Å². The van der Waals surface area contributed by atoms with Gasteiger partial charge in [-0.2, -0.15) is 5.26 Å². The summed E-state index contributed by atoms with van der Waals surface area (Å²) in [6.07, 6.45) is 5.08. The van der Waals surface area contributed by atoms with E-state index in [-0.39, 0.29) is 0 Å². The fraction of sp³-hybridized carbons (Fsp3) is 0.500. The van der Waals surface area contributed by atoms with Crippen LogP contribution >= 0.6 is 0 Å². The molecule has 0 bridgehead atoms. The van der Waals surface area contributed by atoms with Crippen molar-refractivity contribution in [2.45, 2.75) is 25.7 Å². The molecule has 0 saturated carbocycles. The van der Waals surface area contributed by atoms with Crippen molar-refractivity contribution in [3.05, 3.63) is 35.4 Å². The SMILES string of the molecule is N#Cc1ccc(CCC2CCCNC2)cc1. The average Bonchev–Trinajstić information content (AvgIpc) is 2.38. The Morgan fingerprint density at radius 1 is 1.31 bits per heavy atom. The number of aryl methyl sites for hydroxylation is 1. The van der Waals surface area contributed by atoms with E-state index in [1.165, 1.54) is 37.9 Å². The number of nitriles is 1. The topological polar surface area (TPSA) is 35.8 Å². The zero-order valence-electron chi connectivity index (χ0n) is 9.58. The first-order valence-electron chi connectivity index (χ1n) is 6.08. The van der Waals surface area contributed by atoms with Crippen LogP contribution in [0.1, 0.15) is 30.4 Å². The third kappa shape index (κ3) is 3.08. The van der Waals surface area contributed by atoms with Crippen LogP contribution in [0.3, 0.4) is 0 Å². The molecule has 2 nitrogen and oxygen atoms in total. The van der Waals surface area contributed by atoms with E-state index in [2.05, 4.69) is 23.5 Å². The maximum Gasteiger partial charge on any atom is 0.0991 e. The Labute approximate surface area is 97.3 Å². The van der Waals surface area contributed by atoms with Gasteiger partial charge in [-0.3, -0.25) is 0 Å². The standard InChI is InChI=1S/C14H18N2/c15-10-13-6-3-12(4-7-13)5-8-14-2-1-9-16-11-14/h3-4,6-7,14,16H,1-2,5,8-9,11H2. The Kier molecular flexibility index (Phi) is 3.96. The molecule has 1 heterocycles. The van der Waals surface area contributed by atoms with Gasteiger partial charge in [-0.1, -0.05) is 12.1 Å². The maximum absolute atomic E-state index is 8.70. The van der Waals surface area contributed by atoms with Crippen molar-refractivity contribution in [1.29, 1.82) is 5.26 Å². The summed E-state index contributed by atoms with van der Waals surface area (Å²) in [5.74, 6) is 0.837. The van der Waals surface area contributed by atoms with E-state index in [1.807, 2.05) is 12.1 Å². The third-order valence-electron chi connectivity index (χ3n) is 3.32. The second kappa shape index (κ2) is 5.67. The molecule has 0 amide bonds. The van der Waals surface area contributed by atoms with Crippen LogP contribution in [0, 0.1) is 17.2 Å². The number of nitrogens with zero attached hydrogens (tertiary/aromatic N) is 1. The molecule has 1 unspecified atom stereocenters. The number of rotatable bonds is 3. The van der Waals surface area contributed by atoms with Crippen molar-refractivity contribution in [2.75, 3.05) is 13.1 Å². The molecule has 0 aromatic heterocycles. The van der Waals surface area contributed by atoms with E-state index in [1.54, 1.807) is 0 Å². The van der Waals surface area contributed by atoms with Crippen LogP contribution in [0.15, 0.2) is 24.3 Å². The molecule has 0 spiro atoms. The molecule has 1 aliphatic rings. The molecule has 0 aliphatic carbocycles. The summed E-state index contributed by atoms with van der Waals surface area (Å²) < 4.78 is 0. The van der Waals surface area contributed by atoms with Crippen molar-refractivity contribution in [3.63, 3.8) is 0 Å². The minimum absolute atomic E-state index is 0.753. The van der Waals surface area contributed by atoms with Gasteiger partial charge in [0.05, 0.1) is 11.6 Å². The Morgan fingerprint density at radius 2 is 2.12 bits per heavy atom. The summed E-state index contributed by atoms with van der Waals surface area (Å²) in [6.45, 7) is 2.36. The van der Waals surface area contributed by atoms with Gasteiger partial charge in [-0.15, -0.1) is 0 Å². The molecule has 1 atom stereocenters. The van der Waals surface area contributed by atoms with Crippen LogP contribution < -0.4 is 5.32 Å². The fourth-order valence-electron chi connectivity index (χ4n) is 2.29. The van der Waals surface area contributed by atoms with Crippen molar-refractivity contribution in [2.24, 2.45) is 5.92 Å². The second-order valence-corrected chi connectivity index (χ2v) is 4.56. The van der Waals surface area contributed by atoms with Crippen LogP contribution in [0.5, 0.6) is 0 Å². The summed E-state index contributed by atoms with van der Waals surface area (Å²) in [6, 6.07) is 10.1. The van der Waals surface area contributed by atoms with Gasteiger partial charge < -0.3 is 5.32 Å². The first-order chi connectivity index (χ1) is 7.88. The highest BCUT2D eigenvalue weighted by Crippen LogP contribution is 2.17. The Morgan fingerprint density at radius 3 is 2.75 bits per heavy atom. The zero-order chi connectivity index (χ0) is 11.2. The smallest absolute Gasteiger partial charge is 0.0991 e. The number of benzene rings is 1. The highest BCUT2D eigenvalue weighted by Gasteiger charge is 2.12. The minimum atomic E-state index is 0.753. The highest BCUT2D eigenvalue weighted by atomic mass is 14.9. The van der Waals surface area contributed by atoms with Crippen molar-refractivity contribution in [3.8, 4) is 6.07 Å². The molecule has 16 heavy (non-hydrogen) atoms. The Balaban J connectivity index is 1.82. The molecule has 1 aliphatic heterocycles. The van der Waals surface area contributed by atoms with E-state index < -0.39 is 0 Å². The molecule has 2 rings (SSSR count). The molecular formula is C14H18N2. The monoisotopic (exact) mass is 214 g/mol. The summed E-state index contributed by atoms with van der Waals surface area (Å²) in [5, 5.41) is 12.2. The van der Waals surface area contributed by atoms with Gasteiger partial charge in [0.1, 0.15) is 0 Å². The maximum atomic E-state index is 8.70. The number of nitrogens with one attached hydrogen (secondary N) is 1. The number of hydrogen-bond acceptors (Lipinski definition) is 2. The lowest BCUT2D eigenvalue weighted by Crippen LogP contribution is -2.29. The number of hydrogen-bond donors (Lipinski definition) is 1. The molecule has 1 aromatic carbocycles. The lowest BCUT2D eigenvalue weighted by molar-refractivity contribution is 0.358. The van der Waals surface area contributed by atoms with Gasteiger partial charge in [0.15, 0.2) is 0 Å². The number of piperidine rings is 1. The molecule has 84 valence electrons. The first kappa shape index (κ1) is 11.2. The van der Waals surface area contributed by atoms with Gasteiger partial charge in [0, 0.05) is 0 Å². The van der Waals surface area contributed by atoms with Crippen LogP contribution in [0.2, 0.25) is 0 Å². The minimum Gasteiger partial charge on any atom is -0.316 e. The second-order valence-electron chi connectivity index (χ2n) is 4.56. The van der Waals surface area contributed by atoms with Crippen LogP contribution in [-0.4, -0.2) is 13.1 Å². The Hall–Kier alpha value is -1.33. The Bertz CT molecular complexity index is 355. The molecule has 1 aromatic rings. The van der Waals surface area contributed by atoms with Gasteiger partial charge in [0.25, 0.3) is 0 Å². The van der Waals surface area contributed by atoms with Crippen molar-refractivity contribution >= 4 is 0 Å². The largest absolute Gasteiger partial charge is 0.316 e. The highest BCUT2D eigenvalue weighted by molar-refractivity contribution is 5.31. The van der Waals surface area contributed by atoms with E-state index in [4.69, 9.17) is 5.26 Å². The van der Waals surface area contributed by atoms with E-state index >= 15 is 0 Å². The lowest BCUT2D eigenvalue weighted by Gasteiger charge is -2.22. The summed E-state index contributed by atoms with van der Waals surface area (Å²) in [7, 11) is 0. The predicted molar refractivity (Wildman–Crippen MR) is 65.1 cm³/mol. The van der Waals surface area contributed by atoms with Crippen LogP contribution in [0.4, 0.5) is 0 Å². The first-order valence-corrected chi connectivity index (χ1v) is 6.08. The summed E-state index contributed by atoms with van der Waals surface area (Å²) in [5.41, 5.74) is 2.10. The van der Waals surface area contributed by atoms with Crippen molar-refractivity contribution in [1.82, 2.24) is 5.32 Å².